The van der Waals surface area contributed by atoms with E-state index in [0.29, 0.717) is 24.5 Å². The molecule has 130 valence electrons. The van der Waals surface area contributed by atoms with E-state index in [9.17, 15) is 4.79 Å². The quantitative estimate of drug-likeness (QED) is 0.514. The van der Waals surface area contributed by atoms with Crippen LogP contribution >= 0.6 is 11.6 Å². The van der Waals surface area contributed by atoms with Crippen LogP contribution in [0.4, 0.5) is 11.8 Å². The number of hydrogen-bond acceptors (Lipinski definition) is 6. The summed E-state index contributed by atoms with van der Waals surface area (Å²) in [6.45, 7) is 7.39. The van der Waals surface area contributed by atoms with Crippen molar-refractivity contribution in [1.82, 2.24) is 15.0 Å². The molecule has 0 bridgehead atoms. The second kappa shape index (κ2) is 6.80. The molecule has 3 rings (SSSR count). The Morgan fingerprint density at radius 1 is 1.36 bits per heavy atom. The highest BCUT2D eigenvalue weighted by Crippen LogP contribution is 2.39. The summed E-state index contributed by atoms with van der Waals surface area (Å²) < 4.78 is 0. The molecule has 0 aliphatic carbocycles. The van der Waals surface area contributed by atoms with Crippen LogP contribution in [0.15, 0.2) is 12.3 Å². The number of fused-ring (bicyclic) bond motifs is 1. The lowest BCUT2D eigenvalue weighted by molar-refractivity contribution is -0.104. The normalized spacial score (nSPS) is 14.9. The van der Waals surface area contributed by atoms with Crippen LogP contribution in [0.3, 0.4) is 0 Å². The molecule has 0 aromatic carbocycles. The maximum Gasteiger partial charge on any atom is 0.223 e. The van der Waals surface area contributed by atoms with Gasteiger partial charge in [-0.25, -0.2) is 4.98 Å². The van der Waals surface area contributed by atoms with Gasteiger partial charge in [0.25, 0.3) is 0 Å². The molecule has 0 radical (unpaired) electrons. The zero-order valence-corrected chi connectivity index (χ0v) is 15.3. The van der Waals surface area contributed by atoms with E-state index in [1.54, 1.807) is 0 Å². The topological polar surface area (TPSA) is 85.0 Å². The molecule has 3 heterocycles. The number of aryl methyl sites for hydroxylation is 1. The Bertz CT molecular complexity index is 878. The number of rotatable bonds is 4. The van der Waals surface area contributed by atoms with Crippen LogP contribution in [0.2, 0.25) is 5.15 Å². The number of halogens is 1. The zero-order chi connectivity index (χ0) is 18.1. The Labute approximate surface area is 151 Å². The summed E-state index contributed by atoms with van der Waals surface area (Å²) in [5.41, 5.74) is 11.9. The van der Waals surface area contributed by atoms with Gasteiger partial charge in [-0.1, -0.05) is 18.5 Å². The van der Waals surface area contributed by atoms with E-state index < -0.39 is 0 Å². The maximum absolute atomic E-state index is 11.0. The minimum Gasteiger partial charge on any atom is -0.368 e. The molecule has 25 heavy (non-hydrogen) atoms. The van der Waals surface area contributed by atoms with Gasteiger partial charge in [0.15, 0.2) is 0 Å². The molecule has 0 unspecified atom stereocenters. The summed E-state index contributed by atoms with van der Waals surface area (Å²) in [5.74, 6) is 0.759. The standard InChI is InChI=1S/C18H20ClN5O/c1-4-13-10(2)7-21-14(11(13)3)9-24-8-12(5-6-25)15-16(19)22-18(20)23-17(15)24/h5-7H,4,8-9H2,1-3H3,(H2,20,22,23)/b12-5+. The van der Waals surface area contributed by atoms with Crippen molar-refractivity contribution in [1.29, 1.82) is 0 Å². The molecule has 0 saturated carbocycles. The van der Waals surface area contributed by atoms with Crippen molar-refractivity contribution in [3.05, 3.63) is 45.4 Å². The maximum atomic E-state index is 11.0. The van der Waals surface area contributed by atoms with Gasteiger partial charge in [-0.3, -0.25) is 9.78 Å². The molecule has 0 atom stereocenters. The fourth-order valence-electron chi connectivity index (χ4n) is 3.36. The first-order valence-electron chi connectivity index (χ1n) is 8.12. The van der Waals surface area contributed by atoms with Crippen molar-refractivity contribution < 1.29 is 4.79 Å². The number of anilines is 2. The Hall–Kier alpha value is -2.47. The van der Waals surface area contributed by atoms with E-state index in [1.807, 2.05) is 11.1 Å². The summed E-state index contributed by atoms with van der Waals surface area (Å²) in [4.78, 5) is 25.9. The van der Waals surface area contributed by atoms with E-state index in [-0.39, 0.29) is 11.1 Å². The van der Waals surface area contributed by atoms with E-state index in [0.717, 1.165) is 24.0 Å². The minimum absolute atomic E-state index is 0.115. The van der Waals surface area contributed by atoms with Gasteiger partial charge in [0, 0.05) is 12.7 Å². The summed E-state index contributed by atoms with van der Waals surface area (Å²) >= 11 is 6.24. The lowest BCUT2D eigenvalue weighted by Gasteiger charge is -2.20. The number of aldehydes is 1. The van der Waals surface area contributed by atoms with Crippen LogP contribution < -0.4 is 10.6 Å². The number of carbonyl (C=O) groups is 1. The van der Waals surface area contributed by atoms with Crippen molar-refractivity contribution in [2.75, 3.05) is 17.2 Å². The molecule has 0 amide bonds. The van der Waals surface area contributed by atoms with Crippen LogP contribution in [0.1, 0.15) is 34.9 Å². The smallest absolute Gasteiger partial charge is 0.223 e. The number of nitrogens with two attached hydrogens (primary N) is 1. The largest absolute Gasteiger partial charge is 0.368 e. The molecule has 1 aliphatic rings. The van der Waals surface area contributed by atoms with Crippen LogP contribution in [-0.4, -0.2) is 27.8 Å². The van der Waals surface area contributed by atoms with Crippen molar-refractivity contribution >= 4 is 35.2 Å². The minimum atomic E-state index is 0.115. The predicted molar refractivity (Wildman–Crippen MR) is 99.6 cm³/mol. The zero-order valence-electron chi connectivity index (χ0n) is 14.5. The Morgan fingerprint density at radius 3 is 2.80 bits per heavy atom. The molecule has 1 aliphatic heterocycles. The van der Waals surface area contributed by atoms with Gasteiger partial charge in [0.05, 0.1) is 17.8 Å². The van der Waals surface area contributed by atoms with Crippen LogP contribution in [-0.2, 0) is 17.8 Å². The predicted octanol–water partition coefficient (Wildman–Crippen LogP) is 2.89. The van der Waals surface area contributed by atoms with E-state index in [2.05, 4.69) is 35.7 Å². The average Bonchev–Trinajstić information content (AvgIpc) is 2.89. The summed E-state index contributed by atoms with van der Waals surface area (Å²) in [5, 5.41) is 0.265. The van der Waals surface area contributed by atoms with Crippen LogP contribution in [0, 0.1) is 13.8 Å². The van der Waals surface area contributed by atoms with Crippen LogP contribution in [0.5, 0.6) is 0 Å². The van der Waals surface area contributed by atoms with Crippen molar-refractivity contribution in [2.24, 2.45) is 0 Å². The Balaban J connectivity index is 2.04. The fraction of sp³-hybridized carbons (Fsp3) is 0.333. The molecular weight excluding hydrogens is 338 g/mol. The molecule has 0 fully saturated rings. The number of aromatic nitrogens is 3. The van der Waals surface area contributed by atoms with Gasteiger partial charge in [0.2, 0.25) is 5.95 Å². The van der Waals surface area contributed by atoms with Crippen molar-refractivity contribution in [3.63, 3.8) is 0 Å². The third-order valence-corrected chi connectivity index (χ3v) is 4.86. The molecule has 2 aromatic rings. The lowest BCUT2D eigenvalue weighted by Crippen LogP contribution is -2.22. The van der Waals surface area contributed by atoms with Crippen molar-refractivity contribution in [2.45, 2.75) is 33.7 Å². The second-order valence-corrected chi connectivity index (χ2v) is 6.46. The first-order chi connectivity index (χ1) is 12.0. The van der Waals surface area contributed by atoms with E-state index in [4.69, 9.17) is 17.3 Å². The fourth-order valence-corrected chi connectivity index (χ4v) is 3.65. The number of carbonyl (C=O) groups excluding carboxylic acids is 1. The van der Waals surface area contributed by atoms with Gasteiger partial charge in [-0.2, -0.15) is 4.98 Å². The summed E-state index contributed by atoms with van der Waals surface area (Å²) in [7, 11) is 0. The monoisotopic (exact) mass is 357 g/mol. The number of nitrogen functional groups attached to an aromatic ring is 1. The average molecular weight is 358 g/mol. The molecule has 0 spiro atoms. The number of pyridine rings is 1. The molecule has 7 heteroatoms. The lowest BCUT2D eigenvalue weighted by atomic mass is 10.0. The van der Waals surface area contributed by atoms with E-state index in [1.165, 1.54) is 22.8 Å². The molecule has 0 saturated heterocycles. The number of nitrogens with zero attached hydrogens (tertiary/aromatic N) is 4. The van der Waals surface area contributed by atoms with Gasteiger partial charge in [-0.05, 0) is 48.6 Å². The van der Waals surface area contributed by atoms with Gasteiger partial charge < -0.3 is 10.6 Å². The van der Waals surface area contributed by atoms with Crippen molar-refractivity contribution in [3.8, 4) is 0 Å². The second-order valence-electron chi connectivity index (χ2n) is 6.10. The van der Waals surface area contributed by atoms with Crippen LogP contribution in [0.25, 0.3) is 5.57 Å². The van der Waals surface area contributed by atoms with Gasteiger partial charge in [-0.15, -0.1) is 0 Å². The first-order valence-corrected chi connectivity index (χ1v) is 8.50. The molecule has 6 nitrogen and oxygen atoms in total. The first kappa shape index (κ1) is 17.4. The molecular formula is C18H20ClN5O. The Morgan fingerprint density at radius 2 is 2.12 bits per heavy atom. The highest BCUT2D eigenvalue weighted by atomic mass is 35.5. The third kappa shape index (κ3) is 3.09. The summed E-state index contributed by atoms with van der Waals surface area (Å²) in [6, 6.07) is 0. The van der Waals surface area contributed by atoms with Gasteiger partial charge >= 0.3 is 0 Å². The number of hydrogen-bond donors (Lipinski definition) is 1. The molecule has 2 N–H and O–H groups in total. The third-order valence-electron chi connectivity index (χ3n) is 4.58. The Kier molecular flexibility index (Phi) is 4.72. The van der Waals surface area contributed by atoms with E-state index >= 15 is 0 Å². The SMILES string of the molecule is CCc1c(C)cnc(CN2C/C(=C\C=O)c3c(Cl)nc(N)nc32)c1C. The summed E-state index contributed by atoms with van der Waals surface area (Å²) in [6.07, 6.45) is 5.11. The molecule has 2 aromatic heterocycles. The number of allylic oxidation sites excluding steroid dienone is 1. The highest BCUT2D eigenvalue weighted by molar-refractivity contribution is 6.32. The van der Waals surface area contributed by atoms with Gasteiger partial charge in [0.1, 0.15) is 17.3 Å². The highest BCUT2D eigenvalue weighted by Gasteiger charge is 2.29.